The highest BCUT2D eigenvalue weighted by atomic mass is 28.2. The highest BCUT2D eigenvalue weighted by Gasteiger charge is 1.79. The molecular weight excluding hydrogens is 120 g/mol. The van der Waals surface area contributed by atoms with Gasteiger partial charge in [0, 0.05) is 6.61 Å². The van der Waals surface area contributed by atoms with Gasteiger partial charge in [0.2, 0.25) is 0 Å². The van der Waals surface area contributed by atoms with E-state index >= 15 is 0 Å². The lowest BCUT2D eigenvalue weighted by Crippen LogP contribution is -2.01. The van der Waals surface area contributed by atoms with Gasteiger partial charge in [0.15, 0.2) is 9.76 Å². The molecule has 0 heterocycles. The van der Waals surface area contributed by atoms with Crippen LogP contribution in [0.5, 0.6) is 0 Å². The summed E-state index contributed by atoms with van der Waals surface area (Å²) in [5.74, 6) is 0. The Morgan fingerprint density at radius 3 is 3.00 bits per heavy atom. The Morgan fingerprint density at radius 2 is 2.50 bits per heavy atom. The number of hydrogen-bond donors (Lipinski definition) is 0. The minimum Gasteiger partial charge on any atom is -0.397 e. The third-order valence-corrected chi connectivity index (χ3v) is 1.24. The summed E-state index contributed by atoms with van der Waals surface area (Å²) in [4.78, 5) is 0. The lowest BCUT2D eigenvalue weighted by molar-refractivity contribution is 0.0255. The van der Waals surface area contributed by atoms with E-state index in [0.717, 1.165) is 6.61 Å². The molecule has 2 nitrogen and oxygen atoms in total. The zero-order valence-electron chi connectivity index (χ0n) is 5.22. The highest BCUT2D eigenvalue weighted by molar-refractivity contribution is 6.33. The molecule has 0 bridgehead atoms. The van der Waals surface area contributed by atoms with Crippen LogP contribution >= 0.6 is 0 Å². The van der Waals surface area contributed by atoms with E-state index in [1.807, 2.05) is 12.6 Å². The molecule has 0 aliphatic rings. The first-order valence-corrected chi connectivity index (χ1v) is 4.07. The van der Waals surface area contributed by atoms with E-state index in [9.17, 15) is 0 Å². The fourth-order valence-electron chi connectivity index (χ4n) is 0.274. The number of hydrogen-bond acceptors (Lipinski definition) is 2. The molecule has 3 heteroatoms. The molecule has 0 spiro atoms. The van der Waals surface area contributed by atoms with Crippen molar-refractivity contribution in [1.29, 1.82) is 0 Å². The molecule has 0 saturated heterocycles. The molecule has 0 unspecified atom stereocenters. The third-order valence-electron chi connectivity index (χ3n) is 0.606. The highest BCUT2D eigenvalue weighted by Crippen LogP contribution is 1.73. The van der Waals surface area contributed by atoms with Crippen molar-refractivity contribution in [3.63, 3.8) is 0 Å². The maximum Gasteiger partial charge on any atom is 0.187 e. The van der Waals surface area contributed by atoms with Crippen molar-refractivity contribution in [3.8, 4) is 0 Å². The van der Waals surface area contributed by atoms with Crippen molar-refractivity contribution >= 4 is 9.76 Å². The maximum absolute atomic E-state index is 5.02. The van der Waals surface area contributed by atoms with Crippen LogP contribution in [0.4, 0.5) is 0 Å². The maximum atomic E-state index is 5.02. The Kier molecular flexibility index (Phi) is 6.77. The summed E-state index contributed by atoms with van der Waals surface area (Å²) in [5.41, 5.74) is 1.83. The van der Waals surface area contributed by atoms with Crippen molar-refractivity contribution in [2.24, 2.45) is 0 Å². The SMILES string of the molecule is C=C[SiH2]OCOCC. The quantitative estimate of drug-likeness (QED) is 0.303. The van der Waals surface area contributed by atoms with Gasteiger partial charge in [-0.15, -0.1) is 6.58 Å². The summed E-state index contributed by atoms with van der Waals surface area (Å²) in [7, 11) is -0.460. The van der Waals surface area contributed by atoms with Crippen LogP contribution in [-0.2, 0) is 9.16 Å². The topological polar surface area (TPSA) is 18.5 Å². The van der Waals surface area contributed by atoms with Crippen molar-refractivity contribution in [1.82, 2.24) is 0 Å². The van der Waals surface area contributed by atoms with Gasteiger partial charge in [-0.3, -0.25) is 0 Å². The fourth-order valence-corrected chi connectivity index (χ4v) is 0.654. The van der Waals surface area contributed by atoms with E-state index in [1.54, 1.807) is 0 Å². The van der Waals surface area contributed by atoms with Crippen LogP contribution in [0.15, 0.2) is 12.3 Å². The van der Waals surface area contributed by atoms with E-state index in [2.05, 4.69) is 6.58 Å². The van der Waals surface area contributed by atoms with Gasteiger partial charge in [0.25, 0.3) is 0 Å². The Morgan fingerprint density at radius 1 is 1.75 bits per heavy atom. The lowest BCUT2D eigenvalue weighted by atomic mass is 10.9. The number of rotatable bonds is 5. The molecular formula is C5H12O2Si. The molecule has 0 aromatic heterocycles. The van der Waals surface area contributed by atoms with Gasteiger partial charge < -0.3 is 9.16 Å². The molecule has 0 aromatic rings. The molecule has 0 aromatic carbocycles. The van der Waals surface area contributed by atoms with Crippen LogP contribution < -0.4 is 0 Å². The van der Waals surface area contributed by atoms with Gasteiger partial charge in [-0.05, 0) is 6.92 Å². The molecule has 0 aliphatic carbocycles. The van der Waals surface area contributed by atoms with E-state index in [4.69, 9.17) is 9.16 Å². The van der Waals surface area contributed by atoms with Gasteiger partial charge in [-0.25, -0.2) is 0 Å². The molecule has 8 heavy (non-hydrogen) atoms. The van der Waals surface area contributed by atoms with E-state index < -0.39 is 9.76 Å². The van der Waals surface area contributed by atoms with Crippen LogP contribution in [0, 0.1) is 0 Å². The predicted molar refractivity (Wildman–Crippen MR) is 36.3 cm³/mol. The van der Waals surface area contributed by atoms with Gasteiger partial charge in [0.05, 0.1) is 0 Å². The smallest absolute Gasteiger partial charge is 0.187 e. The fraction of sp³-hybridized carbons (Fsp3) is 0.600. The summed E-state index contributed by atoms with van der Waals surface area (Å²) >= 11 is 0. The molecule has 0 fully saturated rings. The first kappa shape index (κ1) is 7.88. The van der Waals surface area contributed by atoms with E-state index in [-0.39, 0.29) is 0 Å². The largest absolute Gasteiger partial charge is 0.397 e. The molecule has 0 N–H and O–H groups in total. The molecule has 48 valence electrons. The Bertz CT molecular complexity index is 56.4. The Balaban J connectivity index is 2.62. The van der Waals surface area contributed by atoms with Crippen LogP contribution in [0.1, 0.15) is 6.92 Å². The van der Waals surface area contributed by atoms with E-state index in [1.165, 1.54) is 0 Å². The summed E-state index contributed by atoms with van der Waals surface area (Å²) in [5, 5.41) is 0. The van der Waals surface area contributed by atoms with Gasteiger partial charge in [0.1, 0.15) is 6.79 Å². The van der Waals surface area contributed by atoms with Crippen LogP contribution in [0.25, 0.3) is 0 Å². The third kappa shape index (κ3) is 5.88. The molecule has 0 saturated carbocycles. The molecule has 0 rings (SSSR count). The Hall–Kier alpha value is -0.123. The van der Waals surface area contributed by atoms with E-state index in [0.29, 0.717) is 6.79 Å². The van der Waals surface area contributed by atoms with Crippen molar-refractivity contribution in [2.45, 2.75) is 6.92 Å². The number of ether oxygens (including phenoxy) is 1. The van der Waals surface area contributed by atoms with Gasteiger partial charge >= 0.3 is 0 Å². The first-order chi connectivity index (χ1) is 3.91. The van der Waals surface area contributed by atoms with Crippen LogP contribution in [-0.4, -0.2) is 23.2 Å². The summed E-state index contributed by atoms with van der Waals surface area (Å²) in [6, 6.07) is 0. The molecule has 0 atom stereocenters. The second kappa shape index (κ2) is 6.88. The van der Waals surface area contributed by atoms with Crippen LogP contribution in [0.3, 0.4) is 0 Å². The lowest BCUT2D eigenvalue weighted by Gasteiger charge is -1.98. The average Bonchev–Trinajstić information content (AvgIpc) is 1.81. The molecule has 0 aliphatic heterocycles. The standard InChI is InChI=1S/C5H12O2Si/c1-3-6-5-7-8-4-2/h4H,2-3,5,8H2,1H3. The zero-order chi connectivity index (χ0) is 6.24. The van der Waals surface area contributed by atoms with Crippen LogP contribution in [0.2, 0.25) is 0 Å². The Labute approximate surface area is 52.4 Å². The van der Waals surface area contributed by atoms with Gasteiger partial charge in [-0.1, -0.05) is 5.70 Å². The normalized spacial score (nSPS) is 10.6. The summed E-state index contributed by atoms with van der Waals surface area (Å²) in [6.45, 7) is 6.65. The van der Waals surface area contributed by atoms with Gasteiger partial charge in [-0.2, -0.15) is 0 Å². The zero-order valence-corrected chi connectivity index (χ0v) is 6.64. The summed E-state index contributed by atoms with van der Waals surface area (Å²) in [6.07, 6.45) is 0. The van der Waals surface area contributed by atoms with Crippen molar-refractivity contribution in [3.05, 3.63) is 12.3 Å². The second-order valence-corrected chi connectivity index (χ2v) is 2.59. The van der Waals surface area contributed by atoms with Crippen molar-refractivity contribution in [2.75, 3.05) is 13.4 Å². The summed E-state index contributed by atoms with van der Waals surface area (Å²) < 4.78 is 9.92. The minimum absolute atomic E-state index is 0.439. The first-order valence-electron chi connectivity index (χ1n) is 2.68. The molecule has 0 radical (unpaired) electrons. The van der Waals surface area contributed by atoms with Crippen molar-refractivity contribution < 1.29 is 9.16 Å². The average molecular weight is 132 g/mol. The molecule has 0 amide bonds. The monoisotopic (exact) mass is 132 g/mol. The second-order valence-electron chi connectivity index (χ2n) is 1.27. The minimum atomic E-state index is -0.460. The predicted octanol–water partition coefficient (Wildman–Crippen LogP) is 0.224.